The third kappa shape index (κ3) is 4.28. The Morgan fingerprint density at radius 2 is 2.11 bits per heavy atom. The number of methoxy groups -OCH3 is 1. The van der Waals surface area contributed by atoms with Crippen molar-refractivity contribution in [1.82, 2.24) is 5.32 Å². The van der Waals surface area contributed by atoms with E-state index < -0.39 is 12.0 Å². The Balaban J connectivity index is 2.99. The Morgan fingerprint density at radius 1 is 1.42 bits per heavy atom. The van der Waals surface area contributed by atoms with E-state index in [9.17, 15) is 9.59 Å². The topological polar surface area (TPSA) is 75.6 Å². The molecular formula is C14H19NO4. The number of aliphatic carboxylic acids is 1. The molecule has 0 aliphatic carbocycles. The van der Waals surface area contributed by atoms with Crippen LogP contribution in [-0.2, 0) is 22.4 Å². The van der Waals surface area contributed by atoms with Crippen molar-refractivity contribution in [3.05, 3.63) is 29.3 Å². The molecule has 0 heterocycles. The summed E-state index contributed by atoms with van der Waals surface area (Å²) in [5, 5.41) is 11.5. The highest BCUT2D eigenvalue weighted by Gasteiger charge is 2.20. The Hall–Kier alpha value is -2.04. The average Bonchev–Trinajstić information content (AvgIpc) is 2.37. The lowest BCUT2D eigenvalue weighted by atomic mass is 10.0. The summed E-state index contributed by atoms with van der Waals surface area (Å²) in [5.41, 5.74) is 1.88. The average molecular weight is 265 g/mol. The van der Waals surface area contributed by atoms with Gasteiger partial charge in [-0.1, -0.05) is 19.1 Å². The fourth-order valence-corrected chi connectivity index (χ4v) is 1.88. The summed E-state index contributed by atoms with van der Waals surface area (Å²) in [5.74, 6) is -0.786. The van der Waals surface area contributed by atoms with Gasteiger partial charge in [-0.3, -0.25) is 4.79 Å². The number of amides is 1. The van der Waals surface area contributed by atoms with Gasteiger partial charge in [-0.2, -0.15) is 0 Å². The van der Waals surface area contributed by atoms with E-state index in [1.807, 2.05) is 25.1 Å². The Kier molecular flexibility index (Phi) is 5.36. The van der Waals surface area contributed by atoms with Crippen molar-refractivity contribution in [3.8, 4) is 5.75 Å². The molecule has 5 nitrogen and oxygen atoms in total. The van der Waals surface area contributed by atoms with Gasteiger partial charge >= 0.3 is 5.97 Å². The van der Waals surface area contributed by atoms with Gasteiger partial charge in [0.2, 0.25) is 5.91 Å². The normalized spacial score (nSPS) is 11.7. The quantitative estimate of drug-likeness (QED) is 0.815. The SMILES string of the molecule is CCc1ccc(OC)c(CC(NC(C)=O)C(=O)O)c1. The fourth-order valence-electron chi connectivity index (χ4n) is 1.88. The lowest BCUT2D eigenvalue weighted by molar-refractivity contribution is -0.141. The number of carbonyl (C=O) groups excluding carboxylic acids is 1. The van der Waals surface area contributed by atoms with Crippen LogP contribution in [0, 0.1) is 0 Å². The van der Waals surface area contributed by atoms with E-state index in [4.69, 9.17) is 9.84 Å². The van der Waals surface area contributed by atoms with E-state index in [-0.39, 0.29) is 12.3 Å². The zero-order valence-electron chi connectivity index (χ0n) is 11.4. The van der Waals surface area contributed by atoms with Crippen LogP contribution in [-0.4, -0.2) is 30.1 Å². The van der Waals surface area contributed by atoms with E-state index in [0.717, 1.165) is 17.5 Å². The first-order valence-corrected chi connectivity index (χ1v) is 6.13. The van der Waals surface area contributed by atoms with Gasteiger partial charge in [-0.25, -0.2) is 4.79 Å². The molecule has 1 aromatic rings. The number of carboxylic acid groups (broad SMARTS) is 1. The summed E-state index contributed by atoms with van der Waals surface area (Å²) < 4.78 is 5.22. The van der Waals surface area contributed by atoms with Gasteiger partial charge in [0.15, 0.2) is 0 Å². The van der Waals surface area contributed by atoms with Crippen LogP contribution in [0.3, 0.4) is 0 Å². The van der Waals surface area contributed by atoms with Crippen molar-refractivity contribution >= 4 is 11.9 Å². The molecule has 0 aliphatic rings. The maximum atomic E-state index is 11.1. The van der Waals surface area contributed by atoms with E-state index in [1.54, 1.807) is 7.11 Å². The maximum Gasteiger partial charge on any atom is 0.326 e. The molecule has 0 radical (unpaired) electrons. The predicted octanol–water partition coefficient (Wildman–Crippen LogP) is 1.39. The minimum absolute atomic E-state index is 0.200. The molecule has 2 N–H and O–H groups in total. The summed E-state index contributed by atoms with van der Waals surface area (Å²) in [6, 6.07) is 4.73. The van der Waals surface area contributed by atoms with Gasteiger partial charge in [-0.15, -0.1) is 0 Å². The Labute approximate surface area is 112 Å². The standard InChI is InChI=1S/C14H19NO4/c1-4-10-5-6-13(19-3)11(7-10)8-12(14(17)18)15-9(2)16/h5-7,12H,4,8H2,1-3H3,(H,15,16)(H,17,18). The molecule has 1 unspecified atom stereocenters. The van der Waals surface area contributed by atoms with Crippen LogP contribution in [0.25, 0.3) is 0 Å². The first kappa shape index (κ1) is 15.0. The number of ether oxygens (including phenoxy) is 1. The summed E-state index contributed by atoms with van der Waals surface area (Å²) in [6.07, 6.45) is 1.06. The zero-order chi connectivity index (χ0) is 14.4. The monoisotopic (exact) mass is 265 g/mol. The van der Waals surface area contributed by atoms with Crippen molar-refractivity contribution in [3.63, 3.8) is 0 Å². The van der Waals surface area contributed by atoms with Crippen LogP contribution in [0.2, 0.25) is 0 Å². The van der Waals surface area contributed by atoms with Crippen molar-refractivity contribution in [2.24, 2.45) is 0 Å². The molecule has 1 atom stereocenters. The molecule has 1 amide bonds. The van der Waals surface area contributed by atoms with Gasteiger partial charge in [0.25, 0.3) is 0 Å². The Bertz CT molecular complexity index is 471. The Morgan fingerprint density at radius 3 is 2.58 bits per heavy atom. The second kappa shape index (κ2) is 6.78. The minimum atomic E-state index is -1.06. The first-order valence-electron chi connectivity index (χ1n) is 6.13. The third-order valence-corrected chi connectivity index (χ3v) is 2.85. The number of rotatable bonds is 6. The third-order valence-electron chi connectivity index (χ3n) is 2.85. The zero-order valence-corrected chi connectivity index (χ0v) is 11.4. The first-order chi connectivity index (χ1) is 8.97. The number of aryl methyl sites for hydroxylation is 1. The van der Waals surface area contributed by atoms with Gasteiger partial charge in [-0.05, 0) is 23.6 Å². The molecule has 0 saturated carbocycles. The number of carbonyl (C=O) groups is 2. The molecule has 0 bridgehead atoms. The van der Waals surface area contributed by atoms with E-state index in [0.29, 0.717) is 5.75 Å². The lowest BCUT2D eigenvalue weighted by Gasteiger charge is -2.16. The van der Waals surface area contributed by atoms with Crippen molar-refractivity contribution in [2.45, 2.75) is 32.7 Å². The molecule has 5 heteroatoms. The molecule has 0 saturated heterocycles. The van der Waals surface area contributed by atoms with E-state index in [1.165, 1.54) is 6.92 Å². The van der Waals surface area contributed by atoms with Crippen molar-refractivity contribution in [2.75, 3.05) is 7.11 Å². The molecule has 104 valence electrons. The second-order valence-electron chi connectivity index (χ2n) is 4.30. The highest BCUT2D eigenvalue weighted by atomic mass is 16.5. The van der Waals surface area contributed by atoms with Gasteiger partial charge in [0, 0.05) is 13.3 Å². The molecule has 0 fully saturated rings. The summed E-state index contributed by atoms with van der Waals surface area (Å²) in [7, 11) is 1.54. The summed E-state index contributed by atoms with van der Waals surface area (Å²) in [6.45, 7) is 3.32. The number of benzene rings is 1. The molecule has 1 aromatic carbocycles. The van der Waals surface area contributed by atoms with Gasteiger partial charge in [0.05, 0.1) is 7.11 Å². The van der Waals surface area contributed by atoms with Crippen LogP contribution < -0.4 is 10.1 Å². The second-order valence-corrected chi connectivity index (χ2v) is 4.30. The molecule has 1 rings (SSSR count). The number of nitrogens with one attached hydrogen (secondary N) is 1. The van der Waals surface area contributed by atoms with E-state index in [2.05, 4.69) is 5.32 Å². The maximum absolute atomic E-state index is 11.1. The van der Waals surface area contributed by atoms with Gasteiger partial charge in [0.1, 0.15) is 11.8 Å². The van der Waals surface area contributed by atoms with Crippen LogP contribution in [0.1, 0.15) is 25.0 Å². The number of hydrogen-bond acceptors (Lipinski definition) is 3. The molecule has 0 spiro atoms. The van der Waals surface area contributed by atoms with Gasteiger partial charge < -0.3 is 15.2 Å². The summed E-state index contributed by atoms with van der Waals surface area (Å²) in [4.78, 5) is 22.2. The van der Waals surface area contributed by atoms with Crippen LogP contribution in [0.15, 0.2) is 18.2 Å². The van der Waals surface area contributed by atoms with Crippen LogP contribution in [0.4, 0.5) is 0 Å². The van der Waals surface area contributed by atoms with Crippen LogP contribution >= 0.6 is 0 Å². The van der Waals surface area contributed by atoms with Crippen molar-refractivity contribution in [1.29, 1.82) is 0 Å². The van der Waals surface area contributed by atoms with Crippen molar-refractivity contribution < 1.29 is 19.4 Å². The predicted molar refractivity (Wildman–Crippen MR) is 71.3 cm³/mol. The van der Waals surface area contributed by atoms with Crippen LogP contribution in [0.5, 0.6) is 5.75 Å². The molecule has 19 heavy (non-hydrogen) atoms. The lowest BCUT2D eigenvalue weighted by Crippen LogP contribution is -2.41. The summed E-state index contributed by atoms with van der Waals surface area (Å²) >= 11 is 0. The minimum Gasteiger partial charge on any atom is -0.496 e. The highest BCUT2D eigenvalue weighted by molar-refractivity contribution is 5.82. The highest BCUT2D eigenvalue weighted by Crippen LogP contribution is 2.22. The smallest absolute Gasteiger partial charge is 0.326 e. The fraction of sp³-hybridized carbons (Fsp3) is 0.429. The largest absolute Gasteiger partial charge is 0.496 e. The number of hydrogen-bond donors (Lipinski definition) is 2. The molecular weight excluding hydrogens is 246 g/mol. The van der Waals surface area contributed by atoms with E-state index >= 15 is 0 Å². The molecule has 0 aromatic heterocycles. The molecule has 0 aliphatic heterocycles. The number of carboxylic acids is 1.